The van der Waals surface area contributed by atoms with Crippen molar-refractivity contribution in [2.24, 2.45) is 5.73 Å². The van der Waals surface area contributed by atoms with Gasteiger partial charge in [-0.05, 0) is 50.1 Å². The predicted molar refractivity (Wildman–Crippen MR) is 68.2 cm³/mol. The molecule has 0 bridgehead atoms. The zero-order valence-corrected chi connectivity index (χ0v) is 10.4. The molecule has 0 radical (unpaired) electrons. The van der Waals surface area contributed by atoms with Gasteiger partial charge in [0.15, 0.2) is 0 Å². The van der Waals surface area contributed by atoms with E-state index in [-0.39, 0.29) is 0 Å². The highest BCUT2D eigenvalue weighted by atomic mass is 79.9. The fraction of sp³-hybridized carbons (Fsp3) is 0.500. The predicted octanol–water partition coefficient (Wildman–Crippen LogP) is 2.77. The zero-order chi connectivity index (χ0) is 10.7. The molecular formula is C12H17BrN2. The second-order valence-corrected chi connectivity index (χ2v) is 4.96. The first-order valence-electron chi connectivity index (χ1n) is 5.53. The minimum atomic E-state index is 0.649. The lowest BCUT2D eigenvalue weighted by molar-refractivity contribution is 0.618. The molecule has 2 nitrogen and oxygen atoms in total. The van der Waals surface area contributed by atoms with Crippen LogP contribution in [0.15, 0.2) is 28.7 Å². The highest BCUT2D eigenvalue weighted by Crippen LogP contribution is 2.27. The summed E-state index contributed by atoms with van der Waals surface area (Å²) in [4.78, 5) is 2.49. The van der Waals surface area contributed by atoms with E-state index in [0.717, 1.165) is 17.4 Å². The van der Waals surface area contributed by atoms with Gasteiger partial charge < -0.3 is 10.6 Å². The smallest absolute Gasteiger partial charge is 0.0369 e. The van der Waals surface area contributed by atoms with Crippen LogP contribution in [0.1, 0.15) is 19.3 Å². The Labute approximate surface area is 99.6 Å². The van der Waals surface area contributed by atoms with Crippen molar-refractivity contribution in [2.45, 2.75) is 25.3 Å². The van der Waals surface area contributed by atoms with E-state index in [1.165, 1.54) is 25.1 Å². The van der Waals surface area contributed by atoms with E-state index in [1.807, 2.05) is 0 Å². The van der Waals surface area contributed by atoms with Crippen LogP contribution in [0.2, 0.25) is 0 Å². The number of anilines is 1. The molecular weight excluding hydrogens is 252 g/mol. The summed E-state index contributed by atoms with van der Waals surface area (Å²) in [6, 6.07) is 9.22. The fourth-order valence-corrected chi connectivity index (χ4v) is 2.57. The van der Waals surface area contributed by atoms with Gasteiger partial charge in [-0.25, -0.2) is 0 Å². The number of halogens is 1. The number of hydrogen-bond acceptors (Lipinski definition) is 2. The standard InChI is InChI=1S/C12H17BrN2/c13-10-3-5-12(6-4-10)15-9-1-2-11(15)7-8-14/h3-6,11H,1-2,7-9,14H2. The third-order valence-electron chi connectivity index (χ3n) is 3.04. The minimum Gasteiger partial charge on any atom is -0.368 e. The molecule has 0 spiro atoms. The van der Waals surface area contributed by atoms with Gasteiger partial charge >= 0.3 is 0 Å². The lowest BCUT2D eigenvalue weighted by Crippen LogP contribution is -2.30. The number of nitrogens with two attached hydrogens (primary N) is 1. The van der Waals surface area contributed by atoms with Gasteiger partial charge in [-0.3, -0.25) is 0 Å². The van der Waals surface area contributed by atoms with Crippen molar-refractivity contribution in [3.63, 3.8) is 0 Å². The van der Waals surface area contributed by atoms with Gasteiger partial charge in [-0.15, -0.1) is 0 Å². The summed E-state index contributed by atoms with van der Waals surface area (Å²) in [5.74, 6) is 0. The molecule has 0 aliphatic carbocycles. The summed E-state index contributed by atoms with van der Waals surface area (Å²) in [5, 5.41) is 0. The lowest BCUT2D eigenvalue weighted by atomic mass is 10.1. The SMILES string of the molecule is NCCC1CCCN1c1ccc(Br)cc1. The molecule has 3 heteroatoms. The molecule has 1 saturated heterocycles. The van der Waals surface area contributed by atoms with Crippen LogP contribution in [0.3, 0.4) is 0 Å². The molecule has 1 atom stereocenters. The molecule has 1 aliphatic rings. The largest absolute Gasteiger partial charge is 0.368 e. The Balaban J connectivity index is 2.11. The molecule has 1 aromatic carbocycles. The van der Waals surface area contributed by atoms with E-state index >= 15 is 0 Å². The Hall–Kier alpha value is -0.540. The molecule has 1 unspecified atom stereocenters. The normalized spacial score (nSPS) is 20.9. The number of rotatable bonds is 3. The Morgan fingerprint density at radius 1 is 1.33 bits per heavy atom. The molecule has 1 heterocycles. The topological polar surface area (TPSA) is 29.3 Å². The first-order valence-corrected chi connectivity index (χ1v) is 6.33. The number of benzene rings is 1. The molecule has 1 aliphatic heterocycles. The maximum Gasteiger partial charge on any atom is 0.0369 e. The third-order valence-corrected chi connectivity index (χ3v) is 3.56. The second-order valence-electron chi connectivity index (χ2n) is 4.04. The van der Waals surface area contributed by atoms with Crippen molar-refractivity contribution in [3.8, 4) is 0 Å². The van der Waals surface area contributed by atoms with Crippen molar-refractivity contribution >= 4 is 21.6 Å². The molecule has 82 valence electrons. The molecule has 0 amide bonds. The Kier molecular flexibility index (Phi) is 3.65. The van der Waals surface area contributed by atoms with E-state index in [0.29, 0.717) is 6.04 Å². The summed E-state index contributed by atoms with van der Waals surface area (Å²) in [5.41, 5.74) is 6.97. The summed E-state index contributed by atoms with van der Waals surface area (Å²) in [6.07, 6.45) is 3.68. The summed E-state index contributed by atoms with van der Waals surface area (Å²) in [6.45, 7) is 1.96. The molecule has 2 rings (SSSR count). The van der Waals surface area contributed by atoms with Gasteiger partial charge in [0.2, 0.25) is 0 Å². The van der Waals surface area contributed by atoms with Gasteiger partial charge in [-0.2, -0.15) is 0 Å². The van der Waals surface area contributed by atoms with Crippen LogP contribution in [0.25, 0.3) is 0 Å². The van der Waals surface area contributed by atoms with Gasteiger partial charge in [0.05, 0.1) is 0 Å². The minimum absolute atomic E-state index is 0.649. The molecule has 1 fully saturated rings. The summed E-state index contributed by atoms with van der Waals surface area (Å²) < 4.78 is 1.14. The van der Waals surface area contributed by atoms with Gasteiger partial charge in [0, 0.05) is 22.7 Å². The maximum atomic E-state index is 5.64. The van der Waals surface area contributed by atoms with Gasteiger partial charge in [0.1, 0.15) is 0 Å². The van der Waals surface area contributed by atoms with Crippen LogP contribution in [0.5, 0.6) is 0 Å². The van der Waals surface area contributed by atoms with E-state index in [2.05, 4.69) is 45.1 Å². The average Bonchev–Trinajstić information content (AvgIpc) is 2.68. The highest BCUT2D eigenvalue weighted by molar-refractivity contribution is 9.10. The summed E-state index contributed by atoms with van der Waals surface area (Å²) in [7, 11) is 0. The van der Waals surface area contributed by atoms with Crippen molar-refractivity contribution in [3.05, 3.63) is 28.7 Å². The van der Waals surface area contributed by atoms with Crippen molar-refractivity contribution in [2.75, 3.05) is 18.0 Å². The van der Waals surface area contributed by atoms with Crippen LogP contribution < -0.4 is 10.6 Å². The van der Waals surface area contributed by atoms with Crippen LogP contribution >= 0.6 is 15.9 Å². The fourth-order valence-electron chi connectivity index (χ4n) is 2.30. The van der Waals surface area contributed by atoms with Crippen molar-refractivity contribution in [1.29, 1.82) is 0 Å². The Morgan fingerprint density at radius 2 is 2.07 bits per heavy atom. The maximum absolute atomic E-state index is 5.64. The molecule has 0 saturated carbocycles. The molecule has 2 N–H and O–H groups in total. The van der Waals surface area contributed by atoms with Crippen molar-refractivity contribution in [1.82, 2.24) is 0 Å². The van der Waals surface area contributed by atoms with E-state index in [9.17, 15) is 0 Å². The number of nitrogens with zero attached hydrogens (tertiary/aromatic N) is 1. The molecule has 1 aromatic rings. The van der Waals surface area contributed by atoms with Gasteiger partial charge in [0.25, 0.3) is 0 Å². The highest BCUT2D eigenvalue weighted by Gasteiger charge is 2.23. The first kappa shape index (κ1) is 11.0. The van der Waals surface area contributed by atoms with Crippen molar-refractivity contribution < 1.29 is 0 Å². The zero-order valence-electron chi connectivity index (χ0n) is 8.82. The van der Waals surface area contributed by atoms with E-state index in [1.54, 1.807) is 0 Å². The van der Waals surface area contributed by atoms with E-state index in [4.69, 9.17) is 5.73 Å². The van der Waals surface area contributed by atoms with Crippen LogP contribution in [-0.2, 0) is 0 Å². The quantitative estimate of drug-likeness (QED) is 0.914. The first-order chi connectivity index (χ1) is 7.31. The third kappa shape index (κ3) is 2.52. The molecule has 0 aromatic heterocycles. The van der Waals surface area contributed by atoms with Gasteiger partial charge in [-0.1, -0.05) is 15.9 Å². The molecule has 15 heavy (non-hydrogen) atoms. The second kappa shape index (κ2) is 4.99. The lowest BCUT2D eigenvalue weighted by Gasteiger charge is -2.26. The Bertz CT molecular complexity index is 310. The number of hydrogen-bond donors (Lipinski definition) is 1. The van der Waals surface area contributed by atoms with Crippen LogP contribution in [0, 0.1) is 0 Å². The summed E-state index contributed by atoms with van der Waals surface area (Å²) >= 11 is 3.46. The Morgan fingerprint density at radius 3 is 2.73 bits per heavy atom. The van der Waals surface area contributed by atoms with Crippen LogP contribution in [0.4, 0.5) is 5.69 Å². The average molecular weight is 269 g/mol. The van der Waals surface area contributed by atoms with E-state index < -0.39 is 0 Å². The monoisotopic (exact) mass is 268 g/mol. The van der Waals surface area contributed by atoms with Crippen LogP contribution in [-0.4, -0.2) is 19.1 Å².